The van der Waals surface area contributed by atoms with E-state index in [0.717, 1.165) is 15.6 Å². The zero-order valence-corrected chi connectivity index (χ0v) is 20.0. The maximum absolute atomic E-state index is 13.4. The fourth-order valence-electron chi connectivity index (χ4n) is 3.48. The first-order valence-electron chi connectivity index (χ1n) is 10.9. The van der Waals surface area contributed by atoms with Crippen molar-refractivity contribution >= 4 is 34.9 Å². The number of aromatic nitrogens is 2. The van der Waals surface area contributed by atoms with Crippen LogP contribution in [0.3, 0.4) is 0 Å². The van der Waals surface area contributed by atoms with Crippen LogP contribution in [0.2, 0.25) is 5.02 Å². The van der Waals surface area contributed by atoms with E-state index in [-0.39, 0.29) is 17.9 Å². The van der Waals surface area contributed by atoms with Gasteiger partial charge in [0, 0.05) is 29.4 Å². The summed E-state index contributed by atoms with van der Waals surface area (Å²) in [5.74, 6) is -1.44. The van der Waals surface area contributed by atoms with Crippen LogP contribution < -0.4 is 10.2 Å². The van der Waals surface area contributed by atoms with Crippen LogP contribution in [0.4, 0.5) is 29.1 Å². The number of nitrogens with zero attached hydrogens (tertiary/aromatic N) is 3. The number of hydrogen-bond donors (Lipinski definition) is 1. The van der Waals surface area contributed by atoms with E-state index in [4.69, 9.17) is 11.6 Å². The second kappa shape index (κ2) is 10.4. The summed E-state index contributed by atoms with van der Waals surface area (Å²) in [6.45, 7) is 0. The van der Waals surface area contributed by atoms with Crippen molar-refractivity contribution in [3.8, 4) is 5.69 Å². The summed E-state index contributed by atoms with van der Waals surface area (Å²) in [5, 5.41) is 6.58. The lowest BCUT2D eigenvalue weighted by atomic mass is 10.1. The van der Waals surface area contributed by atoms with E-state index in [1.54, 1.807) is 24.3 Å². The molecular weight excluding hydrogens is 512 g/mol. The van der Waals surface area contributed by atoms with E-state index in [0.29, 0.717) is 21.8 Å². The number of nitrogens with one attached hydrogen (secondary N) is 1. The lowest BCUT2D eigenvalue weighted by Crippen LogP contribution is -2.29. The Balaban J connectivity index is 1.51. The van der Waals surface area contributed by atoms with Crippen molar-refractivity contribution in [1.82, 2.24) is 9.78 Å². The largest absolute Gasteiger partial charge is 0.435 e. The molecule has 0 aliphatic carbocycles. The third-order valence-corrected chi connectivity index (χ3v) is 5.66. The first kappa shape index (κ1) is 25.9. The molecule has 0 saturated carbocycles. The third kappa shape index (κ3) is 6.15. The standard InChI is InChI=1S/C26H19ClF4N4O2/c1-34(23-15-22(26(29,30)31)33-35(23)21-4-2-3-18(27)14-21)24(36)13-16-5-7-17(8-6-16)25(37)32-20-11-9-19(28)10-12-20/h2-12,14-15H,13H2,1H3,(H,32,37). The third-order valence-electron chi connectivity index (χ3n) is 5.43. The number of hydrogen-bond acceptors (Lipinski definition) is 3. The van der Waals surface area contributed by atoms with Crippen LogP contribution >= 0.6 is 11.6 Å². The summed E-state index contributed by atoms with van der Waals surface area (Å²) < 4.78 is 54.2. The average Bonchev–Trinajstić information content (AvgIpc) is 3.32. The molecule has 6 nitrogen and oxygen atoms in total. The van der Waals surface area contributed by atoms with Crippen LogP contribution in [-0.4, -0.2) is 28.6 Å². The lowest BCUT2D eigenvalue weighted by molar-refractivity contribution is -0.141. The molecule has 0 spiro atoms. The zero-order chi connectivity index (χ0) is 26.7. The summed E-state index contributed by atoms with van der Waals surface area (Å²) >= 11 is 5.99. The Bertz CT molecular complexity index is 1430. The Morgan fingerprint density at radius 1 is 1.00 bits per heavy atom. The molecule has 1 aromatic heterocycles. The molecule has 4 rings (SSSR count). The Kier molecular flexibility index (Phi) is 7.30. The van der Waals surface area contributed by atoms with Crippen molar-refractivity contribution in [2.45, 2.75) is 12.6 Å². The van der Waals surface area contributed by atoms with E-state index < -0.39 is 29.5 Å². The van der Waals surface area contributed by atoms with Gasteiger partial charge in [-0.25, -0.2) is 9.07 Å². The smallest absolute Gasteiger partial charge is 0.322 e. The Labute approximate surface area is 214 Å². The van der Waals surface area contributed by atoms with E-state index in [1.165, 1.54) is 55.6 Å². The first-order valence-corrected chi connectivity index (χ1v) is 11.2. The van der Waals surface area contributed by atoms with Gasteiger partial charge in [0.1, 0.15) is 11.6 Å². The average molecular weight is 531 g/mol. The molecule has 1 heterocycles. The summed E-state index contributed by atoms with van der Waals surface area (Å²) in [7, 11) is 1.35. The second-order valence-electron chi connectivity index (χ2n) is 8.06. The number of rotatable bonds is 6. The molecule has 0 atom stereocenters. The highest BCUT2D eigenvalue weighted by atomic mass is 35.5. The van der Waals surface area contributed by atoms with Crippen molar-refractivity contribution in [3.63, 3.8) is 0 Å². The van der Waals surface area contributed by atoms with E-state index in [2.05, 4.69) is 10.4 Å². The SMILES string of the molecule is CN(C(=O)Cc1ccc(C(=O)Nc2ccc(F)cc2)cc1)c1cc(C(F)(F)F)nn1-c1cccc(Cl)c1. The molecule has 2 amide bonds. The minimum atomic E-state index is -4.72. The van der Waals surface area contributed by atoms with Crippen molar-refractivity contribution in [1.29, 1.82) is 0 Å². The van der Waals surface area contributed by atoms with Gasteiger partial charge in [0.2, 0.25) is 5.91 Å². The maximum atomic E-state index is 13.4. The fourth-order valence-corrected chi connectivity index (χ4v) is 3.66. The molecule has 4 aromatic rings. The molecule has 0 unspecified atom stereocenters. The quantitative estimate of drug-likeness (QED) is 0.304. The minimum absolute atomic E-state index is 0.0881. The summed E-state index contributed by atoms with van der Waals surface area (Å²) in [4.78, 5) is 26.5. The summed E-state index contributed by atoms with van der Waals surface area (Å²) in [5.41, 5.74) is 0.373. The monoisotopic (exact) mass is 530 g/mol. The Morgan fingerprint density at radius 3 is 2.30 bits per heavy atom. The van der Waals surface area contributed by atoms with Gasteiger partial charge in [-0.3, -0.25) is 14.5 Å². The molecule has 0 fully saturated rings. The number of amides is 2. The number of likely N-dealkylation sites (N-methyl/N-ethyl adjacent to an activating group) is 1. The van der Waals surface area contributed by atoms with Crippen LogP contribution in [-0.2, 0) is 17.4 Å². The maximum Gasteiger partial charge on any atom is 0.435 e. The van der Waals surface area contributed by atoms with Crippen LogP contribution in [0.15, 0.2) is 78.9 Å². The van der Waals surface area contributed by atoms with Crippen LogP contribution in [0.25, 0.3) is 5.69 Å². The number of benzene rings is 3. The van der Waals surface area contributed by atoms with Gasteiger partial charge in [-0.2, -0.15) is 18.3 Å². The number of carbonyl (C=O) groups excluding carboxylic acids is 2. The van der Waals surface area contributed by atoms with Crippen molar-refractivity contribution in [3.05, 3.63) is 107 Å². The highest BCUT2D eigenvalue weighted by Crippen LogP contribution is 2.33. The molecule has 0 bridgehead atoms. The van der Waals surface area contributed by atoms with Crippen LogP contribution in [0.5, 0.6) is 0 Å². The van der Waals surface area contributed by atoms with E-state index >= 15 is 0 Å². The fraction of sp³-hybridized carbons (Fsp3) is 0.115. The van der Waals surface area contributed by atoms with Gasteiger partial charge in [-0.05, 0) is 60.2 Å². The van der Waals surface area contributed by atoms with Crippen molar-refractivity contribution < 1.29 is 27.2 Å². The molecule has 0 saturated heterocycles. The van der Waals surface area contributed by atoms with Gasteiger partial charge in [0.25, 0.3) is 5.91 Å². The van der Waals surface area contributed by atoms with Gasteiger partial charge >= 0.3 is 6.18 Å². The van der Waals surface area contributed by atoms with Crippen molar-refractivity contribution in [2.75, 3.05) is 17.3 Å². The molecule has 190 valence electrons. The lowest BCUT2D eigenvalue weighted by Gasteiger charge is -2.19. The normalized spacial score (nSPS) is 11.3. The molecule has 0 aliphatic heterocycles. The highest BCUT2D eigenvalue weighted by Gasteiger charge is 2.36. The summed E-state index contributed by atoms with van der Waals surface area (Å²) in [6, 6.07) is 18.3. The predicted octanol–water partition coefficient (Wildman–Crippen LogP) is 6.14. The number of alkyl halides is 3. The van der Waals surface area contributed by atoms with Gasteiger partial charge < -0.3 is 5.32 Å². The van der Waals surface area contributed by atoms with Gasteiger partial charge in [-0.1, -0.05) is 29.8 Å². The van der Waals surface area contributed by atoms with Gasteiger partial charge in [-0.15, -0.1) is 0 Å². The predicted molar refractivity (Wildman–Crippen MR) is 131 cm³/mol. The Morgan fingerprint density at radius 2 is 1.68 bits per heavy atom. The molecular formula is C26H19ClF4N4O2. The number of carbonyl (C=O) groups is 2. The number of anilines is 2. The van der Waals surface area contributed by atoms with E-state index in [1.807, 2.05) is 0 Å². The second-order valence-corrected chi connectivity index (χ2v) is 8.50. The number of halogens is 5. The van der Waals surface area contributed by atoms with Crippen LogP contribution in [0, 0.1) is 5.82 Å². The van der Waals surface area contributed by atoms with Gasteiger partial charge in [0.05, 0.1) is 12.1 Å². The molecule has 37 heavy (non-hydrogen) atoms. The minimum Gasteiger partial charge on any atom is -0.322 e. The molecule has 1 N–H and O–H groups in total. The summed E-state index contributed by atoms with van der Waals surface area (Å²) in [6.07, 6.45) is -4.86. The highest BCUT2D eigenvalue weighted by molar-refractivity contribution is 6.30. The van der Waals surface area contributed by atoms with Crippen LogP contribution in [0.1, 0.15) is 21.6 Å². The zero-order valence-electron chi connectivity index (χ0n) is 19.3. The van der Waals surface area contributed by atoms with Gasteiger partial charge in [0.15, 0.2) is 5.69 Å². The molecule has 0 radical (unpaired) electrons. The first-order chi connectivity index (χ1) is 17.5. The molecule has 11 heteroatoms. The topological polar surface area (TPSA) is 67.2 Å². The molecule has 0 aliphatic rings. The Hall–Kier alpha value is -4.18. The van der Waals surface area contributed by atoms with Crippen molar-refractivity contribution in [2.24, 2.45) is 0 Å². The van der Waals surface area contributed by atoms with E-state index in [9.17, 15) is 27.2 Å². The molecule has 3 aromatic carbocycles.